The first-order chi connectivity index (χ1) is 11.8. The van der Waals surface area contributed by atoms with Crippen molar-refractivity contribution in [2.45, 2.75) is 33.7 Å². The predicted octanol–water partition coefficient (Wildman–Crippen LogP) is 4.10. The van der Waals surface area contributed by atoms with Gasteiger partial charge in [-0.15, -0.1) is 0 Å². The third-order valence-electron chi connectivity index (χ3n) is 3.27. The van der Waals surface area contributed by atoms with Crippen LogP contribution in [-0.2, 0) is 10.1 Å². The Labute approximate surface area is 151 Å². The number of rotatable bonds is 5. The average Bonchev–Trinajstić information content (AvgIpc) is 2.57. The molecule has 0 spiro atoms. The van der Waals surface area contributed by atoms with Gasteiger partial charge in [0.25, 0.3) is 5.91 Å². The maximum absolute atomic E-state index is 12.5. The summed E-state index contributed by atoms with van der Waals surface area (Å²) in [5, 5.41) is 2.85. The van der Waals surface area contributed by atoms with Crippen molar-refractivity contribution in [3.05, 3.63) is 65.2 Å². The lowest BCUT2D eigenvalue weighted by atomic mass is 10.1. The van der Waals surface area contributed by atoms with Gasteiger partial charge >= 0.3 is 10.1 Å². The molecule has 0 unspecified atom stereocenters. The Kier molecular flexibility index (Phi) is 7.64. The first-order valence-electron chi connectivity index (χ1n) is 8.12. The fourth-order valence-corrected chi connectivity index (χ4v) is 2.63. The number of carbonyl (C=O) groups excluding carboxylic acids is 1. The standard InChI is InChI=1S/C17H19NO4S.C2H6.H2/c1-12-9-10-16(22-23(3,20)21)15(11-12)17(19)18-13(2)14-7-5-4-6-8-14;1-2;/h4-11,13H,1-3H3,(H,18,19);1-2H3;1H/t13-;;/m1../s1. The van der Waals surface area contributed by atoms with Crippen LogP contribution in [0.2, 0.25) is 0 Å². The number of hydrogen-bond acceptors (Lipinski definition) is 4. The summed E-state index contributed by atoms with van der Waals surface area (Å²) >= 11 is 0. The molecule has 1 N–H and O–H groups in total. The van der Waals surface area contributed by atoms with Crippen molar-refractivity contribution >= 4 is 16.0 Å². The van der Waals surface area contributed by atoms with E-state index in [0.717, 1.165) is 17.4 Å². The van der Waals surface area contributed by atoms with Crippen molar-refractivity contribution < 1.29 is 18.8 Å². The molecule has 0 saturated heterocycles. The summed E-state index contributed by atoms with van der Waals surface area (Å²) in [6.45, 7) is 7.68. The van der Waals surface area contributed by atoms with Crippen LogP contribution in [0.5, 0.6) is 5.75 Å². The van der Waals surface area contributed by atoms with Crippen LogP contribution in [0, 0.1) is 6.92 Å². The number of hydrogen-bond donors (Lipinski definition) is 1. The van der Waals surface area contributed by atoms with E-state index in [-0.39, 0.29) is 24.7 Å². The molecular formula is C19H27NO4S. The fourth-order valence-electron chi connectivity index (χ4n) is 2.16. The highest BCUT2D eigenvalue weighted by Crippen LogP contribution is 2.23. The molecule has 25 heavy (non-hydrogen) atoms. The molecule has 0 aliphatic carbocycles. The molecule has 1 atom stereocenters. The zero-order valence-corrected chi connectivity index (χ0v) is 16.1. The average molecular weight is 365 g/mol. The van der Waals surface area contributed by atoms with Gasteiger partial charge in [-0.25, -0.2) is 0 Å². The van der Waals surface area contributed by atoms with Gasteiger partial charge in [-0.2, -0.15) is 8.42 Å². The molecule has 138 valence electrons. The highest BCUT2D eigenvalue weighted by molar-refractivity contribution is 7.86. The lowest BCUT2D eigenvalue weighted by molar-refractivity contribution is 0.0938. The Morgan fingerprint density at radius 2 is 1.72 bits per heavy atom. The van der Waals surface area contributed by atoms with Crippen LogP contribution < -0.4 is 9.50 Å². The van der Waals surface area contributed by atoms with Gasteiger partial charge in [0.1, 0.15) is 0 Å². The zero-order chi connectivity index (χ0) is 19.0. The molecule has 1 amide bonds. The first-order valence-corrected chi connectivity index (χ1v) is 9.94. The molecule has 5 nitrogen and oxygen atoms in total. The SMILES string of the molecule is CC.Cc1ccc(OS(C)(=O)=O)c(C(=O)N[C@H](C)c2ccccc2)c1.[HH]. The molecular weight excluding hydrogens is 338 g/mol. The normalized spacial score (nSPS) is 11.7. The number of carbonyl (C=O) groups is 1. The van der Waals surface area contributed by atoms with Gasteiger partial charge in [0.15, 0.2) is 5.75 Å². The molecule has 2 rings (SSSR count). The van der Waals surface area contributed by atoms with Gasteiger partial charge in [-0.1, -0.05) is 55.8 Å². The molecule has 0 aliphatic heterocycles. The van der Waals surface area contributed by atoms with E-state index in [1.54, 1.807) is 12.1 Å². The van der Waals surface area contributed by atoms with Gasteiger partial charge < -0.3 is 9.50 Å². The van der Waals surface area contributed by atoms with Crippen LogP contribution >= 0.6 is 0 Å². The van der Waals surface area contributed by atoms with Crippen LogP contribution in [0.4, 0.5) is 0 Å². The third-order valence-corrected chi connectivity index (χ3v) is 3.75. The number of nitrogens with one attached hydrogen (secondary N) is 1. The minimum atomic E-state index is -3.71. The Morgan fingerprint density at radius 1 is 1.12 bits per heavy atom. The highest BCUT2D eigenvalue weighted by Gasteiger charge is 2.18. The van der Waals surface area contributed by atoms with Crippen LogP contribution in [0.3, 0.4) is 0 Å². The molecule has 0 fully saturated rings. The van der Waals surface area contributed by atoms with Gasteiger partial charge in [0, 0.05) is 1.43 Å². The molecule has 0 aliphatic rings. The minimum Gasteiger partial charge on any atom is -0.382 e. The van der Waals surface area contributed by atoms with E-state index < -0.39 is 10.1 Å². The van der Waals surface area contributed by atoms with E-state index in [2.05, 4.69) is 5.32 Å². The van der Waals surface area contributed by atoms with E-state index in [0.29, 0.717) is 0 Å². The second-order valence-electron chi connectivity index (χ2n) is 5.39. The summed E-state index contributed by atoms with van der Waals surface area (Å²) in [5.41, 5.74) is 1.99. The van der Waals surface area contributed by atoms with Crippen LogP contribution in [0.25, 0.3) is 0 Å². The summed E-state index contributed by atoms with van der Waals surface area (Å²) < 4.78 is 27.6. The quantitative estimate of drug-likeness (QED) is 0.810. The Bertz CT molecular complexity index is 808. The number of amides is 1. The van der Waals surface area contributed by atoms with E-state index in [9.17, 15) is 13.2 Å². The van der Waals surface area contributed by atoms with Crippen molar-refractivity contribution in [1.29, 1.82) is 0 Å². The largest absolute Gasteiger partial charge is 0.382 e. The molecule has 6 heteroatoms. The van der Waals surface area contributed by atoms with Gasteiger partial charge in [-0.3, -0.25) is 4.79 Å². The second kappa shape index (κ2) is 9.22. The van der Waals surface area contributed by atoms with E-state index in [4.69, 9.17) is 4.18 Å². The topological polar surface area (TPSA) is 72.5 Å². The summed E-state index contributed by atoms with van der Waals surface area (Å²) in [4.78, 5) is 12.5. The summed E-state index contributed by atoms with van der Waals surface area (Å²) in [5.74, 6) is -0.362. The fraction of sp³-hybridized carbons (Fsp3) is 0.316. The minimum absolute atomic E-state index is 0. The Morgan fingerprint density at radius 3 is 2.28 bits per heavy atom. The van der Waals surface area contributed by atoms with Crippen molar-refractivity contribution in [2.24, 2.45) is 0 Å². The smallest absolute Gasteiger partial charge is 0.306 e. The molecule has 2 aromatic rings. The highest BCUT2D eigenvalue weighted by atomic mass is 32.2. The van der Waals surface area contributed by atoms with Crippen LogP contribution in [0.1, 0.15) is 49.7 Å². The van der Waals surface area contributed by atoms with Crippen molar-refractivity contribution in [1.82, 2.24) is 5.32 Å². The predicted molar refractivity (Wildman–Crippen MR) is 102 cm³/mol. The van der Waals surface area contributed by atoms with Crippen LogP contribution in [0.15, 0.2) is 48.5 Å². The molecule has 0 saturated carbocycles. The maximum Gasteiger partial charge on any atom is 0.306 e. The molecule has 0 radical (unpaired) electrons. The number of benzene rings is 2. The number of aryl methyl sites for hydroxylation is 1. The van der Waals surface area contributed by atoms with Crippen molar-refractivity contribution in [2.75, 3.05) is 6.26 Å². The van der Waals surface area contributed by atoms with Gasteiger partial charge in [0.2, 0.25) is 0 Å². The molecule has 2 aromatic carbocycles. The molecule has 0 aromatic heterocycles. The summed E-state index contributed by atoms with van der Waals surface area (Å²) in [7, 11) is -3.71. The summed E-state index contributed by atoms with van der Waals surface area (Å²) in [6, 6.07) is 14.1. The van der Waals surface area contributed by atoms with Gasteiger partial charge in [0.05, 0.1) is 17.9 Å². The third kappa shape index (κ3) is 6.58. The Balaban J connectivity index is 0.00000201. The van der Waals surface area contributed by atoms with Crippen molar-refractivity contribution in [3.8, 4) is 5.75 Å². The molecule has 0 heterocycles. The van der Waals surface area contributed by atoms with E-state index >= 15 is 0 Å². The van der Waals surface area contributed by atoms with Gasteiger partial charge in [-0.05, 0) is 31.5 Å². The first kappa shape index (κ1) is 20.7. The van der Waals surface area contributed by atoms with E-state index in [1.807, 2.05) is 58.0 Å². The zero-order valence-electron chi connectivity index (χ0n) is 15.2. The van der Waals surface area contributed by atoms with E-state index in [1.165, 1.54) is 6.07 Å². The van der Waals surface area contributed by atoms with Crippen molar-refractivity contribution in [3.63, 3.8) is 0 Å². The lowest BCUT2D eigenvalue weighted by Gasteiger charge is -2.16. The molecule has 0 bridgehead atoms. The summed E-state index contributed by atoms with van der Waals surface area (Å²) in [6.07, 6.45) is 0.946. The van der Waals surface area contributed by atoms with Crippen LogP contribution in [-0.4, -0.2) is 20.6 Å². The lowest BCUT2D eigenvalue weighted by Crippen LogP contribution is -2.27. The Hall–Kier alpha value is -2.34. The second-order valence-corrected chi connectivity index (χ2v) is 6.97. The monoisotopic (exact) mass is 365 g/mol. The maximum atomic E-state index is 12.5.